The van der Waals surface area contributed by atoms with E-state index in [1.807, 2.05) is 0 Å². The van der Waals surface area contributed by atoms with Crippen LogP contribution < -0.4 is 4.72 Å². The molecule has 0 amide bonds. The van der Waals surface area contributed by atoms with E-state index in [4.69, 9.17) is 0 Å². The number of esters is 1. The number of benzene rings is 1. The predicted octanol–water partition coefficient (Wildman–Crippen LogP) is 0.740. The van der Waals surface area contributed by atoms with Crippen LogP contribution in [0, 0.1) is 5.82 Å². The lowest BCUT2D eigenvalue weighted by Gasteiger charge is -2.06. The average molecular weight is 247 g/mol. The van der Waals surface area contributed by atoms with Gasteiger partial charge in [0, 0.05) is 5.69 Å². The van der Waals surface area contributed by atoms with Crippen molar-refractivity contribution in [2.75, 3.05) is 17.6 Å². The zero-order chi connectivity index (χ0) is 12.2. The van der Waals surface area contributed by atoms with Crippen molar-refractivity contribution in [2.24, 2.45) is 0 Å². The van der Waals surface area contributed by atoms with E-state index >= 15 is 0 Å². The maximum atomic E-state index is 12.5. The first-order chi connectivity index (χ1) is 7.43. The topological polar surface area (TPSA) is 72.5 Å². The standard InChI is InChI=1S/C9H10FNO4S/c1-15-9(12)6-16(13,14)11-8-4-2-7(10)3-5-8/h2-5,11H,6H2,1H3. The number of anilines is 1. The SMILES string of the molecule is COC(=O)CS(=O)(=O)Nc1ccc(F)cc1. The molecular formula is C9H10FNO4S. The van der Waals surface area contributed by atoms with Gasteiger partial charge in [0.2, 0.25) is 10.0 Å². The molecule has 0 unspecified atom stereocenters. The summed E-state index contributed by atoms with van der Waals surface area (Å²) in [5.41, 5.74) is 0.185. The number of rotatable bonds is 4. The number of halogens is 1. The second kappa shape index (κ2) is 4.93. The Morgan fingerprint density at radius 1 is 1.38 bits per heavy atom. The van der Waals surface area contributed by atoms with Gasteiger partial charge in [0.25, 0.3) is 0 Å². The molecule has 16 heavy (non-hydrogen) atoms. The van der Waals surface area contributed by atoms with Gasteiger partial charge in [-0.15, -0.1) is 0 Å². The lowest BCUT2D eigenvalue weighted by atomic mass is 10.3. The largest absolute Gasteiger partial charge is 0.468 e. The number of methoxy groups -OCH3 is 1. The summed E-state index contributed by atoms with van der Waals surface area (Å²) >= 11 is 0. The van der Waals surface area contributed by atoms with E-state index in [1.54, 1.807) is 0 Å². The number of ether oxygens (including phenoxy) is 1. The second-order valence-corrected chi connectivity index (χ2v) is 4.67. The second-order valence-electron chi connectivity index (χ2n) is 2.94. The fourth-order valence-electron chi connectivity index (χ4n) is 0.948. The van der Waals surface area contributed by atoms with Crippen LogP contribution in [0.3, 0.4) is 0 Å². The van der Waals surface area contributed by atoms with Gasteiger partial charge in [-0.3, -0.25) is 9.52 Å². The van der Waals surface area contributed by atoms with E-state index < -0.39 is 27.6 Å². The molecule has 7 heteroatoms. The molecule has 0 bridgehead atoms. The van der Waals surface area contributed by atoms with Crippen molar-refractivity contribution in [1.82, 2.24) is 0 Å². The maximum Gasteiger partial charge on any atom is 0.322 e. The highest BCUT2D eigenvalue weighted by atomic mass is 32.2. The number of hydrogen-bond acceptors (Lipinski definition) is 4. The first-order valence-corrected chi connectivity index (χ1v) is 5.91. The monoisotopic (exact) mass is 247 g/mol. The number of carbonyl (C=O) groups excluding carboxylic acids is 1. The molecule has 0 radical (unpaired) electrons. The van der Waals surface area contributed by atoms with E-state index in [1.165, 1.54) is 12.1 Å². The van der Waals surface area contributed by atoms with Crippen LogP contribution in [0.15, 0.2) is 24.3 Å². The van der Waals surface area contributed by atoms with Crippen molar-refractivity contribution >= 4 is 21.7 Å². The molecule has 0 aliphatic carbocycles. The first-order valence-electron chi connectivity index (χ1n) is 4.26. The molecule has 1 rings (SSSR count). The molecule has 0 aliphatic heterocycles. The van der Waals surface area contributed by atoms with Gasteiger partial charge in [-0.25, -0.2) is 12.8 Å². The Morgan fingerprint density at radius 2 is 1.94 bits per heavy atom. The van der Waals surface area contributed by atoms with Crippen LogP contribution in [0.1, 0.15) is 0 Å². The van der Waals surface area contributed by atoms with Crippen LogP contribution in [0.2, 0.25) is 0 Å². The highest BCUT2D eigenvalue weighted by molar-refractivity contribution is 7.93. The zero-order valence-corrected chi connectivity index (χ0v) is 9.25. The van der Waals surface area contributed by atoms with E-state index in [2.05, 4.69) is 9.46 Å². The van der Waals surface area contributed by atoms with Crippen molar-refractivity contribution in [3.05, 3.63) is 30.1 Å². The molecule has 1 N–H and O–H groups in total. The van der Waals surface area contributed by atoms with Crippen LogP contribution in [0.5, 0.6) is 0 Å². The van der Waals surface area contributed by atoms with Gasteiger partial charge < -0.3 is 4.74 Å². The van der Waals surface area contributed by atoms with E-state index in [0.29, 0.717) is 0 Å². The summed E-state index contributed by atoms with van der Waals surface area (Å²) in [6, 6.07) is 4.72. The Bertz CT molecular complexity index is 469. The fraction of sp³-hybridized carbons (Fsp3) is 0.222. The summed E-state index contributed by atoms with van der Waals surface area (Å²) < 4.78 is 41.6. The van der Waals surface area contributed by atoms with Crippen LogP contribution in [-0.2, 0) is 19.6 Å². The number of carbonyl (C=O) groups is 1. The summed E-state index contributed by atoms with van der Waals surface area (Å²) in [4.78, 5) is 10.8. The van der Waals surface area contributed by atoms with Gasteiger partial charge >= 0.3 is 5.97 Å². The smallest absolute Gasteiger partial charge is 0.322 e. The Labute approximate surface area is 92.3 Å². The Morgan fingerprint density at radius 3 is 2.44 bits per heavy atom. The molecule has 0 saturated carbocycles. The van der Waals surface area contributed by atoms with E-state index in [0.717, 1.165) is 19.2 Å². The Balaban J connectivity index is 2.73. The third kappa shape index (κ3) is 3.85. The lowest BCUT2D eigenvalue weighted by molar-refractivity contribution is -0.137. The molecule has 0 atom stereocenters. The molecule has 88 valence electrons. The van der Waals surface area contributed by atoms with Crippen molar-refractivity contribution < 1.29 is 22.3 Å². The summed E-state index contributed by atoms with van der Waals surface area (Å²) in [6.07, 6.45) is 0. The van der Waals surface area contributed by atoms with Crippen molar-refractivity contribution in [3.8, 4) is 0 Å². The third-order valence-electron chi connectivity index (χ3n) is 1.65. The van der Waals surface area contributed by atoms with Crippen LogP contribution >= 0.6 is 0 Å². The van der Waals surface area contributed by atoms with Crippen LogP contribution in [0.4, 0.5) is 10.1 Å². The van der Waals surface area contributed by atoms with Crippen molar-refractivity contribution in [3.63, 3.8) is 0 Å². The molecule has 0 aromatic heterocycles. The predicted molar refractivity (Wildman–Crippen MR) is 55.8 cm³/mol. The summed E-state index contributed by atoms with van der Waals surface area (Å²) in [5, 5.41) is 0. The van der Waals surface area contributed by atoms with Crippen molar-refractivity contribution in [2.45, 2.75) is 0 Å². The molecule has 0 fully saturated rings. The fourth-order valence-corrected chi connectivity index (χ4v) is 1.94. The third-order valence-corrected chi connectivity index (χ3v) is 2.82. The minimum atomic E-state index is -3.81. The maximum absolute atomic E-state index is 12.5. The molecule has 0 saturated heterocycles. The molecule has 0 spiro atoms. The summed E-state index contributed by atoms with van der Waals surface area (Å²) in [5.74, 6) is -2.12. The van der Waals surface area contributed by atoms with E-state index in [9.17, 15) is 17.6 Å². The van der Waals surface area contributed by atoms with Crippen molar-refractivity contribution in [1.29, 1.82) is 0 Å². The van der Waals surface area contributed by atoms with Crippen LogP contribution in [0.25, 0.3) is 0 Å². The molecule has 5 nitrogen and oxygen atoms in total. The molecule has 1 aromatic carbocycles. The number of hydrogen-bond donors (Lipinski definition) is 1. The Hall–Kier alpha value is -1.63. The molecule has 0 aliphatic rings. The first kappa shape index (κ1) is 12.4. The average Bonchev–Trinajstić information content (AvgIpc) is 2.20. The summed E-state index contributed by atoms with van der Waals surface area (Å²) in [6.45, 7) is 0. The normalized spacial score (nSPS) is 10.9. The minimum Gasteiger partial charge on any atom is -0.468 e. The molecular weight excluding hydrogens is 237 g/mol. The van der Waals surface area contributed by atoms with Gasteiger partial charge in [0.05, 0.1) is 7.11 Å². The van der Waals surface area contributed by atoms with Crippen LogP contribution in [-0.4, -0.2) is 27.2 Å². The highest BCUT2D eigenvalue weighted by Crippen LogP contribution is 2.10. The van der Waals surface area contributed by atoms with Gasteiger partial charge in [0.1, 0.15) is 5.82 Å². The number of sulfonamides is 1. The van der Waals surface area contributed by atoms with E-state index in [-0.39, 0.29) is 5.69 Å². The Kier molecular flexibility index (Phi) is 3.83. The zero-order valence-electron chi connectivity index (χ0n) is 8.44. The van der Waals surface area contributed by atoms with Gasteiger partial charge in [-0.2, -0.15) is 0 Å². The minimum absolute atomic E-state index is 0.185. The quantitative estimate of drug-likeness (QED) is 0.796. The highest BCUT2D eigenvalue weighted by Gasteiger charge is 2.16. The lowest BCUT2D eigenvalue weighted by Crippen LogP contribution is -2.23. The molecule has 1 aromatic rings. The summed E-state index contributed by atoms with van der Waals surface area (Å²) in [7, 11) is -2.71. The number of nitrogens with one attached hydrogen (secondary N) is 1. The molecule has 0 heterocycles. The van der Waals surface area contributed by atoms with Gasteiger partial charge in [0.15, 0.2) is 5.75 Å². The van der Waals surface area contributed by atoms with Gasteiger partial charge in [-0.05, 0) is 24.3 Å². The van der Waals surface area contributed by atoms with Gasteiger partial charge in [-0.1, -0.05) is 0 Å².